The van der Waals surface area contributed by atoms with E-state index in [0.29, 0.717) is 62.8 Å². The number of piperazine rings is 1. The van der Waals surface area contributed by atoms with Crippen LogP contribution in [-0.2, 0) is 22.5 Å². The summed E-state index contributed by atoms with van der Waals surface area (Å²) in [4.78, 5) is 50.1. The largest absolute Gasteiger partial charge is 0.465 e. The van der Waals surface area contributed by atoms with Crippen LogP contribution in [0.3, 0.4) is 0 Å². The van der Waals surface area contributed by atoms with Crippen LogP contribution in [0.4, 0.5) is 5.69 Å². The van der Waals surface area contributed by atoms with Crippen molar-refractivity contribution in [2.75, 3.05) is 64.8 Å². The van der Waals surface area contributed by atoms with Gasteiger partial charge in [-0.2, -0.15) is 0 Å². The van der Waals surface area contributed by atoms with Gasteiger partial charge in [-0.15, -0.1) is 0 Å². The van der Waals surface area contributed by atoms with Gasteiger partial charge in [-0.1, -0.05) is 29.8 Å². The molecule has 2 aromatic carbocycles. The number of hydrogen-bond acceptors (Lipinski definition) is 8. The highest BCUT2D eigenvalue weighted by atomic mass is 35.5. The van der Waals surface area contributed by atoms with E-state index in [2.05, 4.69) is 10.2 Å². The van der Waals surface area contributed by atoms with Gasteiger partial charge in [-0.25, -0.2) is 4.79 Å². The Labute approximate surface area is 237 Å². The number of aliphatic hydroxyl groups is 1. The fourth-order valence-electron chi connectivity index (χ4n) is 5.40. The lowest BCUT2D eigenvalue weighted by atomic mass is 9.94. The number of amides is 2. The van der Waals surface area contributed by atoms with E-state index in [1.165, 1.54) is 19.2 Å². The van der Waals surface area contributed by atoms with Crippen LogP contribution in [0.1, 0.15) is 32.0 Å². The number of ether oxygens (including phenoxy) is 1. The molecule has 0 saturated carbocycles. The molecule has 11 heteroatoms. The standard InChI is InChI=1S/C29H32ClN5O5/c1-40-29(39)21-7-6-19(30)16-25(21)32-26(37)18-34-9-8-24-22(17-34)27(20-4-2-3-5-23(20)31-24)28(38)35-12-10-33(11-13-35)14-15-36/h2-7,16,36H,8-15,17-18H2,1H3,(H,32,37). The van der Waals surface area contributed by atoms with E-state index in [9.17, 15) is 19.5 Å². The van der Waals surface area contributed by atoms with Gasteiger partial charge in [0.05, 0.1) is 42.6 Å². The number of esters is 1. The number of pyridine rings is 1. The van der Waals surface area contributed by atoms with Gasteiger partial charge in [0.25, 0.3) is 5.91 Å². The molecule has 2 aliphatic rings. The van der Waals surface area contributed by atoms with E-state index < -0.39 is 5.97 Å². The molecule has 2 amide bonds. The molecule has 210 valence electrons. The van der Waals surface area contributed by atoms with E-state index in [1.54, 1.807) is 6.07 Å². The van der Waals surface area contributed by atoms with Crippen LogP contribution >= 0.6 is 11.6 Å². The summed E-state index contributed by atoms with van der Waals surface area (Å²) in [7, 11) is 1.28. The lowest BCUT2D eigenvalue weighted by Crippen LogP contribution is -2.49. The van der Waals surface area contributed by atoms with Gasteiger partial charge in [-0.3, -0.25) is 24.4 Å². The fourth-order valence-corrected chi connectivity index (χ4v) is 5.57. The number of carbonyl (C=O) groups excluding carboxylic acids is 3. The van der Waals surface area contributed by atoms with Gasteiger partial charge < -0.3 is 20.1 Å². The zero-order valence-electron chi connectivity index (χ0n) is 22.4. The van der Waals surface area contributed by atoms with Gasteiger partial charge in [0.15, 0.2) is 0 Å². The second kappa shape index (κ2) is 12.3. The number of halogens is 1. The number of nitrogens with zero attached hydrogens (tertiary/aromatic N) is 4. The maximum absolute atomic E-state index is 14.0. The van der Waals surface area contributed by atoms with Gasteiger partial charge in [0.2, 0.25) is 5.91 Å². The van der Waals surface area contributed by atoms with E-state index in [-0.39, 0.29) is 36.2 Å². The van der Waals surface area contributed by atoms with E-state index in [4.69, 9.17) is 21.3 Å². The van der Waals surface area contributed by atoms with Crippen molar-refractivity contribution in [2.45, 2.75) is 13.0 Å². The Kier molecular flexibility index (Phi) is 8.60. The van der Waals surface area contributed by atoms with Crippen molar-refractivity contribution in [2.24, 2.45) is 0 Å². The second-order valence-electron chi connectivity index (χ2n) is 9.98. The van der Waals surface area contributed by atoms with Crippen molar-refractivity contribution in [1.82, 2.24) is 19.7 Å². The summed E-state index contributed by atoms with van der Waals surface area (Å²) in [5.74, 6) is -0.916. The summed E-state index contributed by atoms with van der Waals surface area (Å²) < 4.78 is 4.83. The third-order valence-electron chi connectivity index (χ3n) is 7.44. The summed E-state index contributed by atoms with van der Waals surface area (Å²) in [6.45, 7) is 4.33. The predicted molar refractivity (Wildman–Crippen MR) is 152 cm³/mol. The van der Waals surface area contributed by atoms with Gasteiger partial charge in [0.1, 0.15) is 0 Å². The Bertz CT molecular complexity index is 1440. The Balaban J connectivity index is 1.37. The van der Waals surface area contributed by atoms with Gasteiger partial charge in [0, 0.05) is 73.9 Å². The van der Waals surface area contributed by atoms with Crippen molar-refractivity contribution < 1.29 is 24.2 Å². The number of rotatable bonds is 7. The highest BCUT2D eigenvalue weighted by Crippen LogP contribution is 2.30. The number of para-hydroxylation sites is 1. The molecular formula is C29H32ClN5O5. The van der Waals surface area contributed by atoms with Crippen LogP contribution in [0, 0.1) is 0 Å². The van der Waals surface area contributed by atoms with Crippen LogP contribution < -0.4 is 5.32 Å². The quantitative estimate of drug-likeness (QED) is 0.420. The van der Waals surface area contributed by atoms with Crippen LogP contribution in [0.2, 0.25) is 5.02 Å². The normalized spacial score (nSPS) is 16.0. The number of fused-ring (bicyclic) bond motifs is 2. The molecule has 2 aliphatic heterocycles. The first-order valence-corrected chi connectivity index (χ1v) is 13.7. The van der Waals surface area contributed by atoms with Gasteiger partial charge >= 0.3 is 5.97 Å². The number of aliphatic hydroxyl groups excluding tert-OH is 1. The molecular weight excluding hydrogens is 534 g/mol. The number of benzene rings is 2. The molecule has 1 saturated heterocycles. The minimum atomic E-state index is -0.572. The van der Waals surface area contributed by atoms with Gasteiger partial charge in [-0.05, 0) is 24.3 Å². The van der Waals surface area contributed by atoms with Crippen LogP contribution in [0.5, 0.6) is 0 Å². The molecule has 0 bridgehead atoms. The molecule has 2 N–H and O–H groups in total. The highest BCUT2D eigenvalue weighted by molar-refractivity contribution is 6.31. The minimum Gasteiger partial charge on any atom is -0.465 e. The Morgan fingerprint density at radius 1 is 1.05 bits per heavy atom. The molecule has 10 nitrogen and oxygen atoms in total. The Morgan fingerprint density at radius 2 is 1.82 bits per heavy atom. The van der Waals surface area contributed by atoms with Crippen molar-refractivity contribution in [3.8, 4) is 0 Å². The molecule has 5 rings (SSSR count). The fraction of sp³-hybridized carbons (Fsp3) is 0.379. The maximum Gasteiger partial charge on any atom is 0.339 e. The molecule has 0 unspecified atom stereocenters. The molecule has 1 aromatic heterocycles. The summed E-state index contributed by atoms with van der Waals surface area (Å²) >= 11 is 6.11. The van der Waals surface area contributed by atoms with Crippen LogP contribution in [0.15, 0.2) is 42.5 Å². The second-order valence-corrected chi connectivity index (χ2v) is 10.4. The monoisotopic (exact) mass is 565 g/mol. The number of β-amino-alcohol motifs (C(OH)–C–C–N with tert-alkyl or cyclic N) is 1. The van der Waals surface area contributed by atoms with Crippen molar-refractivity contribution in [3.63, 3.8) is 0 Å². The first-order chi connectivity index (χ1) is 19.4. The van der Waals surface area contributed by atoms with Crippen LogP contribution in [0.25, 0.3) is 10.9 Å². The number of methoxy groups -OCH3 is 1. The minimum absolute atomic E-state index is 0.0357. The molecule has 1 fully saturated rings. The molecule has 0 radical (unpaired) electrons. The molecule has 0 aliphatic carbocycles. The predicted octanol–water partition coefficient (Wildman–Crippen LogP) is 2.42. The Hall–Kier alpha value is -3.57. The summed E-state index contributed by atoms with van der Waals surface area (Å²) in [5.41, 5.74) is 3.65. The summed E-state index contributed by atoms with van der Waals surface area (Å²) in [6, 6.07) is 12.3. The van der Waals surface area contributed by atoms with Crippen molar-refractivity contribution in [3.05, 3.63) is 69.9 Å². The van der Waals surface area contributed by atoms with E-state index in [0.717, 1.165) is 22.2 Å². The number of nitrogens with one attached hydrogen (secondary N) is 1. The smallest absolute Gasteiger partial charge is 0.339 e. The molecule has 3 aromatic rings. The zero-order valence-corrected chi connectivity index (χ0v) is 23.1. The van der Waals surface area contributed by atoms with E-state index in [1.807, 2.05) is 34.1 Å². The number of carbonyl (C=O) groups is 3. The summed E-state index contributed by atoms with van der Waals surface area (Å²) in [5, 5.41) is 13.2. The number of hydrogen-bond donors (Lipinski definition) is 2. The highest BCUT2D eigenvalue weighted by Gasteiger charge is 2.30. The molecule has 40 heavy (non-hydrogen) atoms. The first-order valence-electron chi connectivity index (χ1n) is 13.3. The SMILES string of the molecule is COC(=O)c1ccc(Cl)cc1NC(=O)CN1CCc2nc3ccccc3c(C(=O)N3CCN(CCO)CC3)c2C1. The lowest BCUT2D eigenvalue weighted by Gasteiger charge is -2.36. The lowest BCUT2D eigenvalue weighted by molar-refractivity contribution is -0.117. The maximum atomic E-state index is 14.0. The van der Waals surface area contributed by atoms with Crippen LogP contribution in [-0.4, -0.2) is 102 Å². The average molecular weight is 566 g/mol. The first kappa shape index (κ1) is 28.0. The molecule has 3 heterocycles. The Morgan fingerprint density at radius 3 is 2.58 bits per heavy atom. The van der Waals surface area contributed by atoms with E-state index >= 15 is 0 Å². The van der Waals surface area contributed by atoms with Crippen molar-refractivity contribution >= 4 is 46.0 Å². The zero-order chi connectivity index (χ0) is 28.2. The van der Waals surface area contributed by atoms with Crippen molar-refractivity contribution in [1.29, 1.82) is 0 Å². The number of anilines is 1. The summed E-state index contributed by atoms with van der Waals surface area (Å²) in [6.07, 6.45) is 0.600. The third kappa shape index (κ3) is 5.95. The number of aromatic nitrogens is 1. The molecule has 0 atom stereocenters. The third-order valence-corrected chi connectivity index (χ3v) is 7.68. The topological polar surface area (TPSA) is 115 Å². The molecule has 0 spiro atoms. The average Bonchev–Trinajstić information content (AvgIpc) is 2.96.